The first-order valence-corrected chi connectivity index (χ1v) is 6.57. The minimum Gasteiger partial charge on any atom is -0.497 e. The highest BCUT2D eigenvalue weighted by Gasteiger charge is 2.23. The molecule has 0 aliphatic rings. The van der Waals surface area contributed by atoms with Crippen LogP contribution in [0.4, 0.5) is 5.69 Å². The summed E-state index contributed by atoms with van der Waals surface area (Å²) >= 11 is 0. The lowest BCUT2D eigenvalue weighted by molar-refractivity contribution is -0.386. The summed E-state index contributed by atoms with van der Waals surface area (Å²) in [5.41, 5.74) is 0.425. The quantitative estimate of drug-likeness (QED) is 0.604. The van der Waals surface area contributed by atoms with E-state index in [1.807, 2.05) is 0 Å². The standard InChI is InChI=1S/C16H15NO5/c1-11(18)16(12-7-9-13(21-2)10-8-12)22-15-6-4-3-5-14(15)17(19)20/h3-10,16H,1-2H3. The summed E-state index contributed by atoms with van der Waals surface area (Å²) in [6.45, 7) is 1.38. The number of para-hydroxylation sites is 2. The van der Waals surface area contributed by atoms with E-state index >= 15 is 0 Å². The number of methoxy groups -OCH3 is 1. The fourth-order valence-electron chi connectivity index (χ4n) is 2.00. The van der Waals surface area contributed by atoms with Crippen molar-refractivity contribution in [3.63, 3.8) is 0 Å². The molecule has 0 saturated heterocycles. The number of hydrogen-bond acceptors (Lipinski definition) is 5. The molecule has 114 valence electrons. The Balaban J connectivity index is 2.33. The van der Waals surface area contributed by atoms with Crippen molar-refractivity contribution >= 4 is 11.5 Å². The number of nitro groups is 1. The third-order valence-electron chi connectivity index (χ3n) is 3.09. The van der Waals surface area contributed by atoms with Gasteiger partial charge in [-0.3, -0.25) is 14.9 Å². The van der Waals surface area contributed by atoms with Gasteiger partial charge in [0.2, 0.25) is 0 Å². The van der Waals surface area contributed by atoms with Gasteiger partial charge in [-0.2, -0.15) is 0 Å². The number of nitrogens with zero attached hydrogens (tertiary/aromatic N) is 1. The van der Waals surface area contributed by atoms with Gasteiger partial charge in [-0.05, 0) is 25.1 Å². The predicted octanol–water partition coefficient (Wildman–Crippen LogP) is 3.31. The average Bonchev–Trinajstić information content (AvgIpc) is 2.52. The van der Waals surface area contributed by atoms with E-state index in [0.29, 0.717) is 11.3 Å². The van der Waals surface area contributed by atoms with E-state index in [1.54, 1.807) is 43.5 Å². The number of carbonyl (C=O) groups is 1. The Morgan fingerprint density at radius 1 is 1.14 bits per heavy atom. The predicted molar refractivity (Wildman–Crippen MR) is 80.1 cm³/mol. The van der Waals surface area contributed by atoms with E-state index in [2.05, 4.69) is 0 Å². The van der Waals surface area contributed by atoms with Gasteiger partial charge in [-0.1, -0.05) is 24.3 Å². The van der Waals surface area contributed by atoms with Crippen LogP contribution in [0.1, 0.15) is 18.6 Å². The molecule has 0 bridgehead atoms. The Bertz CT molecular complexity index is 681. The maximum Gasteiger partial charge on any atom is 0.310 e. The van der Waals surface area contributed by atoms with E-state index in [9.17, 15) is 14.9 Å². The summed E-state index contributed by atoms with van der Waals surface area (Å²) in [6, 6.07) is 12.8. The van der Waals surface area contributed by atoms with Crippen molar-refractivity contribution in [1.82, 2.24) is 0 Å². The molecule has 0 heterocycles. The second-order valence-electron chi connectivity index (χ2n) is 4.61. The molecule has 0 N–H and O–H groups in total. The molecule has 0 saturated carbocycles. The lowest BCUT2D eigenvalue weighted by Crippen LogP contribution is -2.16. The number of hydrogen-bond donors (Lipinski definition) is 0. The molecule has 0 aromatic heterocycles. The molecule has 1 atom stereocenters. The van der Waals surface area contributed by atoms with Crippen molar-refractivity contribution < 1.29 is 19.2 Å². The SMILES string of the molecule is COc1ccc(C(Oc2ccccc2[N+](=O)[O-])C(C)=O)cc1. The third-order valence-corrected chi connectivity index (χ3v) is 3.09. The molecule has 2 aromatic rings. The van der Waals surface area contributed by atoms with Crippen molar-refractivity contribution in [2.75, 3.05) is 7.11 Å². The highest BCUT2D eigenvalue weighted by Crippen LogP contribution is 2.31. The van der Waals surface area contributed by atoms with Gasteiger partial charge in [0.1, 0.15) is 5.75 Å². The number of nitro benzene ring substituents is 1. The summed E-state index contributed by atoms with van der Waals surface area (Å²) in [6.07, 6.45) is -0.910. The molecule has 22 heavy (non-hydrogen) atoms. The number of benzene rings is 2. The van der Waals surface area contributed by atoms with Crippen LogP contribution in [0.2, 0.25) is 0 Å². The molecule has 0 radical (unpaired) electrons. The molecule has 0 fully saturated rings. The number of ketones is 1. The van der Waals surface area contributed by atoms with Crippen LogP contribution < -0.4 is 9.47 Å². The van der Waals surface area contributed by atoms with Crippen LogP contribution in [0.3, 0.4) is 0 Å². The van der Waals surface area contributed by atoms with E-state index in [0.717, 1.165) is 0 Å². The molecule has 2 aromatic carbocycles. The minimum absolute atomic E-state index is 0.0588. The molecule has 6 heteroatoms. The molecule has 0 spiro atoms. The lowest BCUT2D eigenvalue weighted by atomic mass is 10.1. The van der Waals surface area contributed by atoms with Gasteiger partial charge >= 0.3 is 5.69 Å². The van der Waals surface area contributed by atoms with Crippen molar-refractivity contribution in [3.8, 4) is 11.5 Å². The van der Waals surface area contributed by atoms with Crippen LogP contribution in [-0.2, 0) is 4.79 Å². The van der Waals surface area contributed by atoms with Crippen molar-refractivity contribution in [3.05, 3.63) is 64.2 Å². The fourth-order valence-corrected chi connectivity index (χ4v) is 2.00. The Labute approximate surface area is 127 Å². The van der Waals surface area contributed by atoms with Crippen LogP contribution in [0.25, 0.3) is 0 Å². The van der Waals surface area contributed by atoms with Crippen LogP contribution in [0, 0.1) is 10.1 Å². The fraction of sp³-hybridized carbons (Fsp3) is 0.188. The molecule has 0 amide bonds. The molecule has 0 aliphatic carbocycles. The zero-order chi connectivity index (χ0) is 16.1. The van der Waals surface area contributed by atoms with Gasteiger partial charge in [0.05, 0.1) is 12.0 Å². The molecular weight excluding hydrogens is 286 g/mol. The normalized spacial score (nSPS) is 11.5. The first-order valence-electron chi connectivity index (χ1n) is 6.57. The van der Waals surface area contributed by atoms with Crippen molar-refractivity contribution in [1.29, 1.82) is 0 Å². The maximum atomic E-state index is 11.9. The Kier molecular flexibility index (Phi) is 4.73. The zero-order valence-electron chi connectivity index (χ0n) is 12.2. The topological polar surface area (TPSA) is 78.7 Å². The number of Topliss-reactive ketones (excluding diaryl/α,β-unsaturated/α-hetero) is 1. The van der Waals surface area contributed by atoms with E-state index in [4.69, 9.17) is 9.47 Å². The number of rotatable bonds is 6. The van der Waals surface area contributed by atoms with Crippen molar-refractivity contribution in [2.24, 2.45) is 0 Å². The largest absolute Gasteiger partial charge is 0.497 e. The molecular formula is C16H15NO5. The number of carbonyl (C=O) groups excluding carboxylic acids is 1. The maximum absolute atomic E-state index is 11.9. The monoisotopic (exact) mass is 301 g/mol. The van der Waals surface area contributed by atoms with Gasteiger partial charge in [0.25, 0.3) is 0 Å². The smallest absolute Gasteiger partial charge is 0.310 e. The minimum atomic E-state index is -0.910. The van der Waals surface area contributed by atoms with Gasteiger partial charge in [0, 0.05) is 11.6 Å². The first kappa shape index (κ1) is 15.5. The highest BCUT2D eigenvalue weighted by molar-refractivity contribution is 5.82. The Hall–Kier alpha value is -2.89. The summed E-state index contributed by atoms with van der Waals surface area (Å²) in [4.78, 5) is 22.3. The Morgan fingerprint density at radius 3 is 2.32 bits per heavy atom. The van der Waals surface area contributed by atoms with E-state index in [1.165, 1.54) is 19.1 Å². The third kappa shape index (κ3) is 3.41. The van der Waals surface area contributed by atoms with Gasteiger partial charge in [0.15, 0.2) is 17.6 Å². The summed E-state index contributed by atoms with van der Waals surface area (Å²) in [7, 11) is 1.54. The van der Waals surface area contributed by atoms with E-state index in [-0.39, 0.29) is 17.2 Å². The van der Waals surface area contributed by atoms with Gasteiger partial charge < -0.3 is 9.47 Å². The molecule has 0 aliphatic heterocycles. The summed E-state index contributed by atoms with van der Waals surface area (Å²) in [5, 5.41) is 11.0. The molecule has 6 nitrogen and oxygen atoms in total. The van der Waals surface area contributed by atoms with Crippen LogP contribution in [0.15, 0.2) is 48.5 Å². The number of ether oxygens (including phenoxy) is 2. The van der Waals surface area contributed by atoms with Crippen LogP contribution >= 0.6 is 0 Å². The molecule has 2 rings (SSSR count). The second-order valence-corrected chi connectivity index (χ2v) is 4.61. The van der Waals surface area contributed by atoms with Crippen LogP contribution in [0.5, 0.6) is 11.5 Å². The summed E-state index contributed by atoms with van der Waals surface area (Å²) < 4.78 is 10.7. The average molecular weight is 301 g/mol. The van der Waals surface area contributed by atoms with Gasteiger partial charge in [-0.25, -0.2) is 0 Å². The first-order chi connectivity index (χ1) is 10.5. The van der Waals surface area contributed by atoms with Gasteiger partial charge in [-0.15, -0.1) is 0 Å². The highest BCUT2D eigenvalue weighted by atomic mass is 16.6. The van der Waals surface area contributed by atoms with E-state index < -0.39 is 11.0 Å². The lowest BCUT2D eigenvalue weighted by Gasteiger charge is -2.17. The zero-order valence-corrected chi connectivity index (χ0v) is 12.2. The Morgan fingerprint density at radius 2 is 1.77 bits per heavy atom. The van der Waals surface area contributed by atoms with Crippen LogP contribution in [-0.4, -0.2) is 17.8 Å². The summed E-state index contributed by atoms with van der Waals surface area (Å²) in [5.74, 6) is 0.462. The second kappa shape index (κ2) is 6.71. The molecule has 1 unspecified atom stereocenters. The van der Waals surface area contributed by atoms with Crippen molar-refractivity contribution in [2.45, 2.75) is 13.0 Å².